The molecule has 0 saturated carbocycles. The van der Waals surface area contributed by atoms with E-state index in [1.807, 2.05) is 13.0 Å². The maximum Gasteiger partial charge on any atom is 0.225 e. The fraction of sp³-hybridized carbons (Fsp3) is 0.562. The Kier molecular flexibility index (Phi) is 4.78. The van der Waals surface area contributed by atoms with E-state index in [4.69, 9.17) is 0 Å². The van der Waals surface area contributed by atoms with Gasteiger partial charge in [0.2, 0.25) is 5.91 Å². The van der Waals surface area contributed by atoms with Crippen LogP contribution in [0.5, 0.6) is 0 Å². The highest BCUT2D eigenvalue weighted by Gasteiger charge is 2.28. The third kappa shape index (κ3) is 3.19. The summed E-state index contributed by atoms with van der Waals surface area (Å²) in [5, 5.41) is 21.4. The van der Waals surface area contributed by atoms with Crippen molar-refractivity contribution in [2.45, 2.75) is 44.6 Å². The molecule has 20 heavy (non-hydrogen) atoms. The lowest BCUT2D eigenvalue weighted by Gasteiger charge is -2.29. The van der Waals surface area contributed by atoms with E-state index in [1.165, 1.54) is 17.5 Å². The number of hydrogen-bond donors (Lipinski definition) is 3. The van der Waals surface area contributed by atoms with Crippen molar-refractivity contribution in [3.8, 4) is 0 Å². The Hall–Kier alpha value is -1.39. The quantitative estimate of drug-likeness (QED) is 0.725. The Morgan fingerprint density at radius 2 is 1.95 bits per heavy atom. The second kappa shape index (κ2) is 6.37. The largest absolute Gasteiger partial charge is 0.394 e. The van der Waals surface area contributed by atoms with E-state index in [-0.39, 0.29) is 25.5 Å². The van der Waals surface area contributed by atoms with Crippen molar-refractivity contribution in [3.05, 3.63) is 34.9 Å². The number of aryl methyl sites for hydroxylation is 2. The zero-order valence-electron chi connectivity index (χ0n) is 12.0. The van der Waals surface area contributed by atoms with Gasteiger partial charge in [-0.2, -0.15) is 0 Å². The van der Waals surface area contributed by atoms with E-state index < -0.39 is 5.54 Å². The van der Waals surface area contributed by atoms with E-state index in [1.54, 1.807) is 0 Å². The van der Waals surface area contributed by atoms with Gasteiger partial charge in [0.25, 0.3) is 0 Å². The monoisotopic (exact) mass is 277 g/mol. The van der Waals surface area contributed by atoms with Crippen LogP contribution in [0.25, 0.3) is 0 Å². The molecule has 0 unspecified atom stereocenters. The Labute approximate surface area is 119 Å². The molecule has 0 saturated heterocycles. The summed E-state index contributed by atoms with van der Waals surface area (Å²) in [4.78, 5) is 12.1. The SMILES string of the molecule is CCC(CO)(CO)NC(=O)Cc1ccc2c(c1)CCC2. The topological polar surface area (TPSA) is 69.6 Å². The second-order valence-corrected chi connectivity index (χ2v) is 5.63. The van der Waals surface area contributed by atoms with E-state index in [0.717, 1.165) is 18.4 Å². The van der Waals surface area contributed by atoms with Gasteiger partial charge in [0.1, 0.15) is 0 Å². The summed E-state index contributed by atoms with van der Waals surface area (Å²) in [5.74, 6) is -0.159. The molecule has 110 valence electrons. The van der Waals surface area contributed by atoms with Crippen LogP contribution in [0, 0.1) is 0 Å². The van der Waals surface area contributed by atoms with Crippen molar-refractivity contribution in [2.24, 2.45) is 0 Å². The lowest BCUT2D eigenvalue weighted by molar-refractivity contribution is -0.123. The molecule has 1 amide bonds. The Balaban J connectivity index is 2.01. The molecule has 4 nitrogen and oxygen atoms in total. The van der Waals surface area contributed by atoms with Crippen LogP contribution in [0.1, 0.15) is 36.5 Å². The summed E-state index contributed by atoms with van der Waals surface area (Å²) < 4.78 is 0. The zero-order chi connectivity index (χ0) is 14.6. The van der Waals surface area contributed by atoms with E-state index >= 15 is 0 Å². The summed E-state index contributed by atoms with van der Waals surface area (Å²) in [6, 6.07) is 6.21. The number of aliphatic hydroxyl groups excluding tert-OH is 2. The standard InChI is InChI=1S/C16H23NO3/c1-2-16(10-18,11-19)17-15(20)9-12-6-7-13-4-3-5-14(13)8-12/h6-8,18-19H,2-5,9-11H2,1H3,(H,17,20). The van der Waals surface area contributed by atoms with Gasteiger partial charge in [0.15, 0.2) is 0 Å². The number of carbonyl (C=O) groups is 1. The molecule has 0 aliphatic heterocycles. The predicted octanol–water partition coefficient (Wildman–Crippen LogP) is 0.967. The zero-order valence-corrected chi connectivity index (χ0v) is 12.0. The molecule has 4 heteroatoms. The van der Waals surface area contributed by atoms with Crippen molar-refractivity contribution in [3.63, 3.8) is 0 Å². The molecule has 0 bridgehead atoms. The molecule has 0 radical (unpaired) electrons. The fourth-order valence-corrected chi connectivity index (χ4v) is 2.70. The van der Waals surface area contributed by atoms with Crippen LogP contribution in [0.15, 0.2) is 18.2 Å². The van der Waals surface area contributed by atoms with Gasteiger partial charge >= 0.3 is 0 Å². The molecular formula is C16H23NO3. The lowest BCUT2D eigenvalue weighted by atomic mass is 9.97. The average molecular weight is 277 g/mol. The minimum Gasteiger partial charge on any atom is -0.394 e. The van der Waals surface area contributed by atoms with Gasteiger partial charge in [-0.05, 0) is 42.4 Å². The lowest BCUT2D eigenvalue weighted by Crippen LogP contribution is -2.54. The van der Waals surface area contributed by atoms with E-state index in [9.17, 15) is 15.0 Å². The van der Waals surface area contributed by atoms with Gasteiger partial charge in [-0.1, -0.05) is 25.1 Å². The second-order valence-electron chi connectivity index (χ2n) is 5.63. The van der Waals surface area contributed by atoms with Crippen LogP contribution in [0.4, 0.5) is 0 Å². The number of amides is 1. The molecule has 0 atom stereocenters. The molecular weight excluding hydrogens is 254 g/mol. The van der Waals surface area contributed by atoms with Gasteiger partial charge in [0.05, 0.1) is 25.2 Å². The minimum absolute atomic E-state index is 0.159. The Morgan fingerprint density at radius 1 is 1.25 bits per heavy atom. The number of nitrogens with one attached hydrogen (secondary N) is 1. The van der Waals surface area contributed by atoms with Crippen molar-refractivity contribution in [2.75, 3.05) is 13.2 Å². The van der Waals surface area contributed by atoms with Gasteiger partial charge in [0, 0.05) is 0 Å². The van der Waals surface area contributed by atoms with Crippen LogP contribution >= 0.6 is 0 Å². The van der Waals surface area contributed by atoms with Crippen LogP contribution < -0.4 is 5.32 Å². The number of hydrogen-bond acceptors (Lipinski definition) is 3. The maximum atomic E-state index is 12.1. The van der Waals surface area contributed by atoms with Crippen molar-refractivity contribution in [1.29, 1.82) is 0 Å². The first kappa shape index (κ1) is 15.0. The molecule has 1 aliphatic rings. The van der Waals surface area contributed by atoms with E-state index in [2.05, 4.69) is 17.4 Å². The van der Waals surface area contributed by atoms with Crippen molar-refractivity contribution >= 4 is 5.91 Å². The number of carbonyl (C=O) groups excluding carboxylic acids is 1. The first-order valence-corrected chi connectivity index (χ1v) is 7.26. The van der Waals surface area contributed by atoms with Crippen molar-refractivity contribution < 1.29 is 15.0 Å². The Bertz CT molecular complexity index is 472. The summed E-state index contributed by atoms with van der Waals surface area (Å²) >= 11 is 0. The third-order valence-electron chi connectivity index (χ3n) is 4.21. The minimum atomic E-state index is -0.909. The normalized spacial score (nSPS) is 14.2. The number of rotatable bonds is 6. The van der Waals surface area contributed by atoms with Gasteiger partial charge in [-0.3, -0.25) is 4.79 Å². The third-order valence-corrected chi connectivity index (χ3v) is 4.21. The molecule has 0 aromatic heterocycles. The summed E-state index contributed by atoms with van der Waals surface area (Å²) in [6.07, 6.45) is 4.21. The number of benzene rings is 1. The van der Waals surface area contributed by atoms with Crippen LogP contribution in [-0.2, 0) is 24.1 Å². The molecule has 0 fully saturated rings. The molecule has 3 N–H and O–H groups in total. The molecule has 1 aromatic rings. The summed E-state index contributed by atoms with van der Waals surface area (Å²) in [5.41, 5.74) is 2.82. The fourth-order valence-electron chi connectivity index (χ4n) is 2.70. The first-order valence-electron chi connectivity index (χ1n) is 7.26. The van der Waals surface area contributed by atoms with Gasteiger partial charge in [-0.15, -0.1) is 0 Å². The molecule has 2 rings (SSSR count). The summed E-state index contributed by atoms with van der Waals surface area (Å²) in [6.45, 7) is 1.33. The molecule has 1 aromatic carbocycles. The molecule has 1 aliphatic carbocycles. The number of aliphatic hydroxyl groups is 2. The van der Waals surface area contributed by atoms with E-state index in [0.29, 0.717) is 6.42 Å². The van der Waals surface area contributed by atoms with Crippen LogP contribution in [0.2, 0.25) is 0 Å². The Morgan fingerprint density at radius 3 is 2.60 bits per heavy atom. The van der Waals surface area contributed by atoms with Gasteiger partial charge < -0.3 is 15.5 Å². The summed E-state index contributed by atoms with van der Waals surface area (Å²) in [7, 11) is 0. The molecule has 0 heterocycles. The highest BCUT2D eigenvalue weighted by atomic mass is 16.3. The van der Waals surface area contributed by atoms with Crippen molar-refractivity contribution in [1.82, 2.24) is 5.32 Å². The first-order chi connectivity index (χ1) is 9.62. The highest BCUT2D eigenvalue weighted by molar-refractivity contribution is 5.79. The smallest absolute Gasteiger partial charge is 0.225 e. The predicted molar refractivity (Wildman–Crippen MR) is 77.5 cm³/mol. The number of fused-ring (bicyclic) bond motifs is 1. The maximum absolute atomic E-state index is 12.1. The molecule has 0 spiro atoms. The van der Waals surface area contributed by atoms with Gasteiger partial charge in [-0.25, -0.2) is 0 Å². The highest BCUT2D eigenvalue weighted by Crippen LogP contribution is 2.23. The van der Waals surface area contributed by atoms with Crippen LogP contribution in [0.3, 0.4) is 0 Å². The van der Waals surface area contributed by atoms with Crippen LogP contribution in [-0.4, -0.2) is 34.9 Å². The average Bonchev–Trinajstić information content (AvgIpc) is 2.92.